The summed E-state index contributed by atoms with van der Waals surface area (Å²) in [6.07, 6.45) is 5.40. The topological polar surface area (TPSA) is 128 Å². The molecule has 3 aromatic heterocycles. The average Bonchev–Trinajstić information content (AvgIpc) is 3.40. The lowest BCUT2D eigenvalue weighted by atomic mass is 9.75. The molecule has 9 nitrogen and oxygen atoms in total. The van der Waals surface area contributed by atoms with Crippen LogP contribution in [-0.2, 0) is 23.2 Å². The van der Waals surface area contributed by atoms with Crippen LogP contribution < -0.4 is 21.9 Å². The number of carbonyl (C=O) groups is 1. The summed E-state index contributed by atoms with van der Waals surface area (Å²) in [7, 11) is 0. The van der Waals surface area contributed by atoms with E-state index in [4.69, 9.17) is 5.73 Å². The Morgan fingerprint density at radius 1 is 1.10 bits per heavy atom. The standard InChI is InChI=1S/C30H33N7O2/c1-3-30(22-9-5-4-6-10-22,25-11-7-8-16-32-25)19-35-27-29(39)37-23(18-33-27)13-14-24(37)28(38)34-17-21-12-15-26(31)36-20(21)2/h4-12,15-16,18,24H,3,13-14,17,19H2,1-2H3,(H2,31,36)(H,33,35)(H,34,38)/t24-,30-/m0/s1. The third kappa shape index (κ3) is 5.12. The number of nitrogens with zero attached hydrogens (tertiary/aromatic N) is 4. The van der Waals surface area contributed by atoms with Crippen LogP contribution in [0.25, 0.3) is 0 Å². The van der Waals surface area contributed by atoms with Crippen molar-refractivity contribution in [1.82, 2.24) is 24.8 Å². The van der Waals surface area contributed by atoms with Gasteiger partial charge in [-0.05, 0) is 55.5 Å². The molecule has 9 heteroatoms. The van der Waals surface area contributed by atoms with Gasteiger partial charge in [0.1, 0.15) is 11.9 Å². The van der Waals surface area contributed by atoms with Crippen LogP contribution in [0.4, 0.5) is 11.6 Å². The number of carbonyl (C=O) groups excluding carboxylic acids is 1. The largest absolute Gasteiger partial charge is 0.384 e. The predicted molar refractivity (Wildman–Crippen MR) is 151 cm³/mol. The molecule has 0 unspecified atom stereocenters. The summed E-state index contributed by atoms with van der Waals surface area (Å²) in [5, 5.41) is 6.29. The van der Waals surface area contributed by atoms with E-state index in [9.17, 15) is 9.59 Å². The van der Waals surface area contributed by atoms with E-state index in [1.807, 2.05) is 49.4 Å². The molecule has 0 saturated carbocycles. The second-order valence-electron chi connectivity index (χ2n) is 9.90. The molecule has 1 aliphatic rings. The van der Waals surface area contributed by atoms with Gasteiger partial charge in [-0.1, -0.05) is 49.4 Å². The second-order valence-corrected chi connectivity index (χ2v) is 9.90. The average molecular weight is 524 g/mol. The van der Waals surface area contributed by atoms with Crippen molar-refractivity contribution in [3.05, 3.63) is 112 Å². The molecule has 4 N–H and O–H groups in total. The Labute approximate surface area is 227 Å². The van der Waals surface area contributed by atoms with Gasteiger partial charge in [0.2, 0.25) is 5.91 Å². The number of pyridine rings is 2. The summed E-state index contributed by atoms with van der Waals surface area (Å²) < 4.78 is 1.58. The molecular formula is C30H33N7O2. The predicted octanol–water partition coefficient (Wildman–Crippen LogP) is 3.54. The highest BCUT2D eigenvalue weighted by Crippen LogP contribution is 2.34. The van der Waals surface area contributed by atoms with Crippen molar-refractivity contribution in [3.63, 3.8) is 0 Å². The highest BCUT2D eigenvalue weighted by Gasteiger charge is 2.35. The number of benzene rings is 1. The van der Waals surface area contributed by atoms with Crippen LogP contribution in [-0.4, -0.2) is 32.0 Å². The van der Waals surface area contributed by atoms with Gasteiger partial charge in [-0.25, -0.2) is 9.97 Å². The number of hydrogen-bond donors (Lipinski definition) is 3. The molecule has 1 aromatic carbocycles. The fourth-order valence-corrected chi connectivity index (χ4v) is 5.40. The van der Waals surface area contributed by atoms with Gasteiger partial charge in [-0.2, -0.15) is 0 Å². The van der Waals surface area contributed by atoms with E-state index in [0.29, 0.717) is 31.7 Å². The summed E-state index contributed by atoms with van der Waals surface area (Å²) in [4.78, 5) is 40.2. The van der Waals surface area contributed by atoms with Gasteiger partial charge >= 0.3 is 0 Å². The fraction of sp³-hybridized carbons (Fsp3) is 0.300. The lowest BCUT2D eigenvalue weighted by Crippen LogP contribution is -2.39. The zero-order chi connectivity index (χ0) is 27.4. The van der Waals surface area contributed by atoms with Crippen LogP contribution in [0.5, 0.6) is 0 Å². The summed E-state index contributed by atoms with van der Waals surface area (Å²) in [5.74, 6) is 0.459. The van der Waals surface area contributed by atoms with Gasteiger partial charge in [0.15, 0.2) is 5.82 Å². The van der Waals surface area contributed by atoms with Crippen molar-refractivity contribution < 1.29 is 4.79 Å². The van der Waals surface area contributed by atoms with Gasteiger partial charge in [-0.3, -0.25) is 19.1 Å². The van der Waals surface area contributed by atoms with E-state index in [2.05, 4.69) is 44.6 Å². The Morgan fingerprint density at radius 2 is 1.90 bits per heavy atom. The first kappa shape index (κ1) is 26.1. The monoisotopic (exact) mass is 523 g/mol. The molecule has 4 aromatic rings. The minimum atomic E-state index is -0.598. The van der Waals surface area contributed by atoms with E-state index in [1.165, 1.54) is 0 Å². The van der Waals surface area contributed by atoms with Crippen LogP contribution >= 0.6 is 0 Å². The normalized spacial score (nSPS) is 15.8. The van der Waals surface area contributed by atoms with E-state index in [1.54, 1.807) is 23.0 Å². The van der Waals surface area contributed by atoms with Crippen LogP contribution in [0, 0.1) is 6.92 Å². The number of aromatic nitrogens is 4. The lowest BCUT2D eigenvalue weighted by Gasteiger charge is -2.33. The van der Waals surface area contributed by atoms with Crippen LogP contribution in [0.2, 0.25) is 0 Å². The minimum Gasteiger partial charge on any atom is -0.384 e. The molecule has 4 heterocycles. The third-order valence-electron chi connectivity index (χ3n) is 7.67. The maximum Gasteiger partial charge on any atom is 0.294 e. The van der Waals surface area contributed by atoms with E-state index >= 15 is 0 Å². The minimum absolute atomic E-state index is 0.204. The molecule has 1 amide bonds. The number of anilines is 2. The Hall–Kier alpha value is -4.53. The van der Waals surface area contributed by atoms with E-state index in [0.717, 1.165) is 34.6 Å². The summed E-state index contributed by atoms with van der Waals surface area (Å²) in [5.41, 5.74) is 9.39. The molecule has 0 radical (unpaired) electrons. The number of hydrogen-bond acceptors (Lipinski definition) is 7. The molecule has 1 aliphatic heterocycles. The number of nitrogen functional groups attached to an aromatic ring is 1. The summed E-state index contributed by atoms with van der Waals surface area (Å²) in [6, 6.07) is 19.0. The molecule has 39 heavy (non-hydrogen) atoms. The number of aryl methyl sites for hydroxylation is 2. The Kier molecular flexibility index (Phi) is 7.40. The number of fused-ring (bicyclic) bond motifs is 1. The molecule has 0 aliphatic carbocycles. The second kappa shape index (κ2) is 11.1. The van der Waals surface area contributed by atoms with E-state index in [-0.39, 0.29) is 17.3 Å². The molecule has 0 saturated heterocycles. The van der Waals surface area contributed by atoms with Gasteiger partial charge in [0.25, 0.3) is 5.56 Å². The van der Waals surface area contributed by atoms with Crippen molar-refractivity contribution >= 4 is 17.5 Å². The first-order chi connectivity index (χ1) is 18.9. The fourth-order valence-electron chi connectivity index (χ4n) is 5.40. The molecule has 2 atom stereocenters. The molecule has 0 fully saturated rings. The van der Waals surface area contributed by atoms with Crippen molar-refractivity contribution in [2.45, 2.75) is 51.1 Å². The van der Waals surface area contributed by atoms with Gasteiger partial charge in [-0.15, -0.1) is 0 Å². The van der Waals surface area contributed by atoms with Gasteiger partial charge in [0, 0.05) is 36.9 Å². The number of amides is 1. The molecular weight excluding hydrogens is 490 g/mol. The Bertz CT molecular complexity index is 1480. The van der Waals surface area contributed by atoms with Crippen molar-refractivity contribution in [1.29, 1.82) is 0 Å². The quantitative estimate of drug-likeness (QED) is 0.306. The Morgan fingerprint density at radius 3 is 2.62 bits per heavy atom. The SMILES string of the molecule is CC[C@](CNc1ncc2n(c1=O)[C@H](C(=O)NCc1ccc(N)nc1C)CC2)(c1ccccc1)c1ccccn1. The highest BCUT2D eigenvalue weighted by atomic mass is 16.2. The molecule has 5 rings (SSSR count). The molecule has 0 spiro atoms. The molecule has 0 bridgehead atoms. The first-order valence-electron chi connectivity index (χ1n) is 13.2. The highest BCUT2D eigenvalue weighted by molar-refractivity contribution is 5.81. The van der Waals surface area contributed by atoms with Crippen molar-refractivity contribution in [2.75, 3.05) is 17.6 Å². The molecule has 200 valence electrons. The zero-order valence-electron chi connectivity index (χ0n) is 22.2. The third-order valence-corrected chi connectivity index (χ3v) is 7.67. The number of rotatable bonds is 9. The number of nitrogens with one attached hydrogen (secondary N) is 2. The first-order valence-corrected chi connectivity index (χ1v) is 13.2. The zero-order valence-corrected chi connectivity index (χ0v) is 22.2. The maximum atomic E-state index is 13.6. The van der Waals surface area contributed by atoms with Gasteiger partial charge in [0.05, 0.1) is 11.1 Å². The smallest absolute Gasteiger partial charge is 0.294 e. The van der Waals surface area contributed by atoms with Gasteiger partial charge < -0.3 is 16.4 Å². The summed E-state index contributed by atoms with van der Waals surface area (Å²) >= 11 is 0. The maximum absolute atomic E-state index is 13.6. The van der Waals surface area contributed by atoms with E-state index < -0.39 is 11.5 Å². The number of nitrogens with two attached hydrogens (primary N) is 1. The lowest BCUT2D eigenvalue weighted by molar-refractivity contribution is -0.124. The van der Waals surface area contributed by atoms with Crippen molar-refractivity contribution in [2.24, 2.45) is 0 Å². The van der Waals surface area contributed by atoms with Crippen LogP contribution in [0.15, 0.2) is 77.9 Å². The summed E-state index contributed by atoms with van der Waals surface area (Å²) in [6.45, 7) is 4.71. The Balaban J connectivity index is 1.39. The van der Waals surface area contributed by atoms with Crippen LogP contribution in [0.1, 0.15) is 54.0 Å². The van der Waals surface area contributed by atoms with Crippen LogP contribution in [0.3, 0.4) is 0 Å². The van der Waals surface area contributed by atoms with Crippen molar-refractivity contribution in [3.8, 4) is 0 Å².